The molecule has 4 nitrogen and oxygen atoms in total. The number of nitrogens with zero attached hydrogens (tertiary/aromatic N) is 1. The number of methoxy groups -OCH3 is 1. The molecule has 0 bridgehead atoms. The Morgan fingerprint density at radius 1 is 1.35 bits per heavy atom. The van der Waals surface area contributed by atoms with Crippen molar-refractivity contribution < 1.29 is 4.74 Å². The third kappa shape index (κ3) is 3.54. The molecular formula is C15H20BrN3O. The molecule has 0 aliphatic rings. The quantitative estimate of drug-likeness (QED) is 0.760. The zero-order valence-corrected chi connectivity index (χ0v) is 13.6. The van der Waals surface area contributed by atoms with E-state index in [1.54, 1.807) is 7.11 Å². The van der Waals surface area contributed by atoms with Crippen molar-refractivity contribution >= 4 is 22.1 Å². The van der Waals surface area contributed by atoms with Crippen LogP contribution in [0, 0.1) is 5.92 Å². The van der Waals surface area contributed by atoms with Gasteiger partial charge in [-0.05, 0) is 34.0 Å². The summed E-state index contributed by atoms with van der Waals surface area (Å²) in [5.74, 6) is 1.41. The van der Waals surface area contributed by atoms with Crippen molar-refractivity contribution in [1.82, 2.24) is 9.97 Å². The number of nitrogens with one attached hydrogen (secondary N) is 2. The number of hydrogen-bond donors (Lipinski definition) is 2. The third-order valence-corrected chi connectivity index (χ3v) is 3.77. The molecule has 1 unspecified atom stereocenters. The zero-order valence-electron chi connectivity index (χ0n) is 12.0. The summed E-state index contributed by atoms with van der Waals surface area (Å²) in [6.45, 7) is 5.21. The second kappa shape index (κ2) is 6.79. The summed E-state index contributed by atoms with van der Waals surface area (Å²) >= 11 is 3.41. The van der Waals surface area contributed by atoms with E-state index in [2.05, 4.69) is 44.7 Å². The van der Waals surface area contributed by atoms with Gasteiger partial charge in [0.05, 0.1) is 28.8 Å². The molecule has 20 heavy (non-hydrogen) atoms. The average molecular weight is 338 g/mol. The first-order chi connectivity index (χ1) is 9.63. The highest BCUT2D eigenvalue weighted by Gasteiger charge is 2.09. The number of aromatic amines is 2. The third-order valence-electron chi connectivity index (χ3n) is 3.31. The Hall–Kier alpha value is -1.49. The highest BCUT2D eigenvalue weighted by Crippen LogP contribution is 2.26. The van der Waals surface area contributed by atoms with E-state index < -0.39 is 0 Å². The molecule has 0 spiro atoms. The summed E-state index contributed by atoms with van der Waals surface area (Å²) in [7, 11) is 1.67. The maximum absolute atomic E-state index is 5.39. The Morgan fingerprint density at radius 3 is 2.75 bits per heavy atom. The Labute approximate surface area is 127 Å². The first-order valence-electron chi connectivity index (χ1n) is 6.75. The number of H-pyrrole nitrogens is 2. The zero-order chi connectivity index (χ0) is 14.5. The number of rotatable bonds is 6. The second-order valence-electron chi connectivity index (χ2n) is 4.89. The van der Waals surface area contributed by atoms with Crippen molar-refractivity contribution in [2.24, 2.45) is 10.9 Å². The van der Waals surface area contributed by atoms with E-state index in [1.807, 2.05) is 24.4 Å². The molecular weight excluding hydrogens is 318 g/mol. The van der Waals surface area contributed by atoms with Gasteiger partial charge in [-0.3, -0.25) is 4.99 Å². The minimum atomic E-state index is 0.603. The molecule has 0 aromatic carbocycles. The normalized spacial score (nSPS) is 13.0. The molecule has 0 saturated carbocycles. The lowest BCUT2D eigenvalue weighted by atomic mass is 10.1. The molecule has 0 fully saturated rings. The van der Waals surface area contributed by atoms with Crippen LogP contribution < -0.4 is 4.74 Å². The molecule has 108 valence electrons. The number of halogens is 1. The summed E-state index contributed by atoms with van der Waals surface area (Å²) in [4.78, 5) is 11.0. The van der Waals surface area contributed by atoms with E-state index in [1.165, 1.54) is 0 Å². The fourth-order valence-electron chi connectivity index (χ4n) is 1.84. The van der Waals surface area contributed by atoms with Crippen LogP contribution in [0.5, 0.6) is 5.75 Å². The van der Waals surface area contributed by atoms with Gasteiger partial charge >= 0.3 is 0 Å². The molecule has 2 aromatic rings. The van der Waals surface area contributed by atoms with Crippen LogP contribution in [0.2, 0.25) is 0 Å². The molecule has 0 amide bonds. The maximum Gasteiger partial charge on any atom is 0.146 e. The predicted octanol–water partition coefficient (Wildman–Crippen LogP) is 4.25. The number of hydrogen-bond acceptors (Lipinski definition) is 2. The van der Waals surface area contributed by atoms with Crippen LogP contribution in [0.25, 0.3) is 11.4 Å². The summed E-state index contributed by atoms with van der Waals surface area (Å²) in [6, 6.07) is 5.96. The van der Waals surface area contributed by atoms with Gasteiger partial charge in [-0.1, -0.05) is 20.3 Å². The summed E-state index contributed by atoms with van der Waals surface area (Å²) in [5, 5.41) is 0. The van der Waals surface area contributed by atoms with E-state index >= 15 is 0 Å². The largest absolute Gasteiger partial charge is 0.494 e. The summed E-state index contributed by atoms with van der Waals surface area (Å²) in [6.07, 6.45) is 2.99. The fraction of sp³-hybridized carbons (Fsp3) is 0.400. The minimum Gasteiger partial charge on any atom is -0.494 e. The number of aliphatic imine (C=N–C) groups is 1. The van der Waals surface area contributed by atoms with Crippen LogP contribution in [0.3, 0.4) is 0 Å². The van der Waals surface area contributed by atoms with Gasteiger partial charge in [0.1, 0.15) is 5.75 Å². The topological polar surface area (TPSA) is 53.2 Å². The number of ether oxygens (including phenoxy) is 1. The van der Waals surface area contributed by atoms with Gasteiger partial charge in [-0.15, -0.1) is 0 Å². The van der Waals surface area contributed by atoms with E-state index in [4.69, 9.17) is 4.74 Å². The Kier molecular flexibility index (Phi) is 5.06. The molecule has 2 heterocycles. The van der Waals surface area contributed by atoms with Crippen LogP contribution in [-0.2, 0) is 0 Å². The highest BCUT2D eigenvalue weighted by atomic mass is 79.9. The van der Waals surface area contributed by atoms with Crippen LogP contribution in [0.1, 0.15) is 26.0 Å². The Balaban J connectivity index is 2.19. The van der Waals surface area contributed by atoms with Crippen LogP contribution in [-0.4, -0.2) is 29.8 Å². The molecule has 1 atom stereocenters. The molecule has 0 saturated heterocycles. The van der Waals surface area contributed by atoms with Gasteiger partial charge in [0.2, 0.25) is 0 Å². The standard InChI is InChI=1S/C15H20BrN3O/c1-4-10(2)8-17-9-13-14(20-3)7-12(18-13)11-5-6-15(16)19-11/h5-7,9-10,18-19H,4,8H2,1-3H3. The minimum absolute atomic E-state index is 0.603. The highest BCUT2D eigenvalue weighted by molar-refractivity contribution is 9.10. The van der Waals surface area contributed by atoms with E-state index in [9.17, 15) is 0 Å². The fourth-order valence-corrected chi connectivity index (χ4v) is 2.19. The van der Waals surface area contributed by atoms with Gasteiger partial charge < -0.3 is 14.7 Å². The molecule has 0 aliphatic carbocycles. The lowest BCUT2D eigenvalue weighted by Gasteiger charge is -2.02. The predicted molar refractivity (Wildman–Crippen MR) is 86.7 cm³/mol. The van der Waals surface area contributed by atoms with Crippen molar-refractivity contribution in [2.75, 3.05) is 13.7 Å². The van der Waals surface area contributed by atoms with Gasteiger partial charge in [-0.2, -0.15) is 0 Å². The van der Waals surface area contributed by atoms with E-state index in [0.29, 0.717) is 5.92 Å². The smallest absolute Gasteiger partial charge is 0.146 e. The van der Waals surface area contributed by atoms with Crippen molar-refractivity contribution in [3.63, 3.8) is 0 Å². The van der Waals surface area contributed by atoms with Gasteiger partial charge in [0.25, 0.3) is 0 Å². The number of aromatic nitrogens is 2. The van der Waals surface area contributed by atoms with E-state index in [-0.39, 0.29) is 0 Å². The molecule has 2 N–H and O–H groups in total. The van der Waals surface area contributed by atoms with Crippen molar-refractivity contribution in [3.05, 3.63) is 28.5 Å². The van der Waals surface area contributed by atoms with Crippen molar-refractivity contribution in [2.45, 2.75) is 20.3 Å². The average Bonchev–Trinajstić information content (AvgIpc) is 3.04. The first kappa shape index (κ1) is 14.9. The van der Waals surface area contributed by atoms with Gasteiger partial charge in [0, 0.05) is 18.8 Å². The molecule has 5 heteroatoms. The van der Waals surface area contributed by atoms with Crippen LogP contribution in [0.15, 0.2) is 27.8 Å². The monoisotopic (exact) mass is 337 g/mol. The van der Waals surface area contributed by atoms with Gasteiger partial charge in [-0.25, -0.2) is 0 Å². The van der Waals surface area contributed by atoms with Crippen LogP contribution in [0.4, 0.5) is 0 Å². The Morgan fingerprint density at radius 2 is 2.15 bits per heavy atom. The van der Waals surface area contributed by atoms with Crippen molar-refractivity contribution in [3.8, 4) is 17.1 Å². The lowest BCUT2D eigenvalue weighted by Crippen LogP contribution is -1.97. The van der Waals surface area contributed by atoms with Crippen LogP contribution >= 0.6 is 15.9 Å². The molecule has 2 aromatic heterocycles. The SMILES string of the molecule is CCC(C)CN=Cc1[nH]c(-c2ccc(Br)[nH]2)cc1OC. The lowest BCUT2D eigenvalue weighted by molar-refractivity contribution is 0.415. The van der Waals surface area contributed by atoms with Crippen molar-refractivity contribution in [1.29, 1.82) is 0 Å². The second-order valence-corrected chi connectivity index (χ2v) is 5.75. The Bertz CT molecular complexity index is 586. The van der Waals surface area contributed by atoms with Gasteiger partial charge in [0.15, 0.2) is 0 Å². The summed E-state index contributed by atoms with van der Waals surface area (Å²) < 4.78 is 6.34. The molecule has 2 rings (SSSR count). The maximum atomic E-state index is 5.39. The summed E-state index contributed by atoms with van der Waals surface area (Å²) in [5.41, 5.74) is 2.89. The van der Waals surface area contributed by atoms with E-state index in [0.717, 1.165) is 40.4 Å². The molecule has 0 aliphatic heterocycles. The first-order valence-corrected chi connectivity index (χ1v) is 7.55. The molecule has 0 radical (unpaired) electrons.